The normalized spacial score (nSPS) is 28.8. The first-order valence-corrected chi connectivity index (χ1v) is 24.2. The number of carbonyl (C=O) groups excluding carboxylic acids is 7. The van der Waals surface area contributed by atoms with Gasteiger partial charge in [0.2, 0.25) is 6.10 Å². The minimum Gasteiger partial charge on any atom is -0.455 e. The molecule has 1 heterocycles. The van der Waals surface area contributed by atoms with Crippen molar-refractivity contribution in [3.8, 4) is 0 Å². The van der Waals surface area contributed by atoms with E-state index in [1.807, 2.05) is 0 Å². The molecule has 3 fully saturated rings. The van der Waals surface area contributed by atoms with E-state index in [1.54, 1.807) is 99.8 Å². The molecule has 1 amide bonds. The van der Waals surface area contributed by atoms with Crippen molar-refractivity contribution in [3.05, 3.63) is 119 Å². The predicted molar refractivity (Wildman–Crippen MR) is 257 cm³/mol. The molecule has 4 N–H and O–H groups in total. The van der Waals surface area contributed by atoms with Crippen LogP contribution in [0.3, 0.4) is 0 Å². The molecule has 1 aliphatic heterocycles. The number of carbonyl (C=O) groups is 7. The average molecular weight is 1010 g/mol. The number of Topliss-reactive ketones (excluding diaryl/α,β-unsaturated/α-hetero) is 1. The van der Waals surface area contributed by atoms with Crippen LogP contribution < -0.4 is 10.6 Å². The van der Waals surface area contributed by atoms with E-state index in [1.165, 1.54) is 26.0 Å². The van der Waals surface area contributed by atoms with E-state index in [0.717, 1.165) is 13.8 Å². The molecular weight excluding hydrogens is 949 g/mol. The van der Waals surface area contributed by atoms with Crippen molar-refractivity contribution in [3.63, 3.8) is 0 Å². The number of benzene rings is 3. The van der Waals surface area contributed by atoms with Crippen LogP contribution in [0.2, 0.25) is 0 Å². The van der Waals surface area contributed by atoms with Gasteiger partial charge in [-0.3, -0.25) is 19.2 Å². The van der Waals surface area contributed by atoms with Crippen LogP contribution in [0.25, 0.3) is 0 Å². The lowest BCUT2D eigenvalue weighted by atomic mass is 9.44. The molecule has 0 unspecified atom stereocenters. The van der Waals surface area contributed by atoms with E-state index < -0.39 is 125 Å². The number of amides is 1. The summed E-state index contributed by atoms with van der Waals surface area (Å²) in [5.74, 6) is -8.08. The number of ether oxygens (including phenoxy) is 8. The molecule has 3 aliphatic carbocycles. The standard InChI is InChI=1S/C54H64N2O17/c1-31-37(70-50(64)44(71-40(60)29-67-26-25-66-24-23-55-7)42(34-17-11-8-12-18-34)56-48(62)35-19-13-9-14-20-35)28-54(65)47(72-49(63)36-21-15-10-16-22-36)45-52(6,38(59)27-39-53(45,30-68-39)73-33(3)58)46(61)43(69-32(2)57)41(31)51(54,4)5/h8-22,37-39,42-45,47,55,59,65H,23-30H2,1-7H3,(H,56,62)/t37-,38-,39+,42-,43+,44+,45-,47-,52+,53-,54+/m0/s1. The minimum absolute atomic E-state index is 0.00902. The van der Waals surface area contributed by atoms with Gasteiger partial charge in [-0.15, -0.1) is 0 Å². The van der Waals surface area contributed by atoms with E-state index in [0.29, 0.717) is 18.7 Å². The van der Waals surface area contributed by atoms with Crippen molar-refractivity contribution in [2.24, 2.45) is 16.7 Å². The number of hydrogen-bond acceptors (Lipinski definition) is 18. The number of esters is 5. The maximum atomic E-state index is 15.7. The molecule has 392 valence electrons. The van der Waals surface area contributed by atoms with Crippen molar-refractivity contribution in [2.45, 2.75) is 108 Å². The Hall–Kier alpha value is -6.35. The van der Waals surface area contributed by atoms with E-state index in [2.05, 4.69) is 10.6 Å². The van der Waals surface area contributed by atoms with Gasteiger partial charge in [-0.25, -0.2) is 14.4 Å². The van der Waals surface area contributed by atoms with Crippen LogP contribution in [0, 0.1) is 16.7 Å². The fourth-order valence-electron chi connectivity index (χ4n) is 11.0. The Balaban J connectivity index is 1.37. The second-order valence-electron chi connectivity index (χ2n) is 19.6. The van der Waals surface area contributed by atoms with Gasteiger partial charge >= 0.3 is 29.8 Å². The number of aliphatic hydroxyl groups is 2. The van der Waals surface area contributed by atoms with Crippen molar-refractivity contribution in [1.29, 1.82) is 0 Å². The van der Waals surface area contributed by atoms with E-state index >= 15 is 9.59 Å². The van der Waals surface area contributed by atoms with Gasteiger partial charge in [-0.1, -0.05) is 80.6 Å². The summed E-state index contributed by atoms with van der Waals surface area (Å²) in [6.45, 7) is 8.33. The number of aliphatic hydroxyl groups excluding tert-OH is 1. The molecule has 0 aromatic heterocycles. The molecule has 1 saturated heterocycles. The van der Waals surface area contributed by atoms with Crippen LogP contribution in [0.15, 0.2) is 102 Å². The molecule has 73 heavy (non-hydrogen) atoms. The van der Waals surface area contributed by atoms with Crippen LogP contribution >= 0.6 is 0 Å². The third kappa shape index (κ3) is 10.7. The largest absolute Gasteiger partial charge is 0.455 e. The lowest BCUT2D eigenvalue weighted by Gasteiger charge is -2.67. The lowest BCUT2D eigenvalue weighted by molar-refractivity contribution is -0.346. The Morgan fingerprint density at radius 1 is 0.808 bits per heavy atom. The number of rotatable bonds is 19. The van der Waals surface area contributed by atoms with Crippen LogP contribution in [0.5, 0.6) is 0 Å². The molecule has 11 atom stereocenters. The summed E-state index contributed by atoms with van der Waals surface area (Å²) in [6.07, 6.45) is -10.8. The summed E-state index contributed by atoms with van der Waals surface area (Å²) >= 11 is 0. The third-order valence-corrected chi connectivity index (χ3v) is 14.8. The number of hydrogen-bond donors (Lipinski definition) is 4. The summed E-state index contributed by atoms with van der Waals surface area (Å²) in [6, 6.07) is 22.7. The van der Waals surface area contributed by atoms with Crippen LogP contribution in [0.1, 0.15) is 86.7 Å². The van der Waals surface area contributed by atoms with Gasteiger partial charge in [0.05, 0.1) is 49.4 Å². The van der Waals surface area contributed by atoms with Crippen molar-refractivity contribution < 1.29 is 81.7 Å². The van der Waals surface area contributed by atoms with Gasteiger partial charge in [-0.05, 0) is 61.9 Å². The Labute approximate surface area is 423 Å². The van der Waals surface area contributed by atoms with Crippen LogP contribution in [-0.4, -0.2) is 146 Å². The highest BCUT2D eigenvalue weighted by Gasteiger charge is 2.78. The Morgan fingerprint density at radius 3 is 2.01 bits per heavy atom. The van der Waals surface area contributed by atoms with E-state index in [4.69, 9.17) is 37.9 Å². The summed E-state index contributed by atoms with van der Waals surface area (Å²) in [4.78, 5) is 99.5. The van der Waals surface area contributed by atoms with E-state index in [9.17, 15) is 34.2 Å². The highest BCUT2D eigenvalue weighted by atomic mass is 16.6. The van der Waals surface area contributed by atoms with Gasteiger partial charge in [0.1, 0.15) is 36.6 Å². The SMILES string of the molecule is CNCCOCCOCC(=O)O[C@@H](C(=O)O[C@H]1C[C@@]2(O)[C@@H](OC(=O)c3ccccc3)[C@@H]3[C@]4(OC(C)=O)CO[C@@H]4C[C@H](O)[C@@]3(C)C(=O)[C@H](OC(C)=O)C(=C1C)C2(C)C)[C@@H](NC(=O)c1ccccc1)c1ccccc1. The number of ketones is 1. The molecular formula is C54H64N2O17. The minimum atomic E-state index is -2.47. The summed E-state index contributed by atoms with van der Waals surface area (Å²) in [5.41, 5.74) is -7.47. The maximum Gasteiger partial charge on any atom is 0.350 e. The van der Waals surface area contributed by atoms with Crippen LogP contribution in [0.4, 0.5) is 0 Å². The Kier molecular flexibility index (Phi) is 16.7. The van der Waals surface area contributed by atoms with Gasteiger partial charge in [0.15, 0.2) is 17.5 Å². The third-order valence-electron chi connectivity index (χ3n) is 14.8. The molecule has 3 aromatic rings. The molecule has 3 aromatic carbocycles. The fourth-order valence-corrected chi connectivity index (χ4v) is 11.0. The summed E-state index contributed by atoms with van der Waals surface area (Å²) in [5, 5.41) is 31.9. The first-order valence-electron chi connectivity index (χ1n) is 24.2. The molecule has 7 rings (SSSR count). The smallest absolute Gasteiger partial charge is 0.350 e. The first-order chi connectivity index (χ1) is 34.7. The van der Waals surface area contributed by atoms with Gasteiger partial charge in [0.25, 0.3) is 5.91 Å². The molecule has 0 radical (unpaired) electrons. The zero-order valence-electron chi connectivity index (χ0n) is 42.0. The zero-order valence-corrected chi connectivity index (χ0v) is 42.0. The molecule has 2 saturated carbocycles. The predicted octanol–water partition coefficient (Wildman–Crippen LogP) is 3.54. The van der Waals surface area contributed by atoms with E-state index in [-0.39, 0.29) is 48.5 Å². The quantitative estimate of drug-likeness (QED) is 0.0580. The highest BCUT2D eigenvalue weighted by Crippen LogP contribution is 2.64. The molecule has 2 bridgehead atoms. The van der Waals surface area contributed by atoms with Crippen LogP contribution in [-0.2, 0) is 61.9 Å². The Morgan fingerprint density at radius 2 is 1.42 bits per heavy atom. The highest BCUT2D eigenvalue weighted by molar-refractivity contribution is 5.96. The number of likely N-dealkylation sites (N-methyl/N-ethyl adjacent to an activating group) is 1. The summed E-state index contributed by atoms with van der Waals surface area (Å²) in [7, 11) is 1.77. The second-order valence-corrected chi connectivity index (χ2v) is 19.6. The average Bonchev–Trinajstić information content (AvgIpc) is 3.36. The maximum absolute atomic E-state index is 15.7. The first kappa shape index (κ1) is 54.4. The van der Waals surface area contributed by atoms with Gasteiger partial charge in [0, 0.05) is 44.2 Å². The van der Waals surface area contributed by atoms with Crippen molar-refractivity contribution in [2.75, 3.05) is 46.6 Å². The second kappa shape index (κ2) is 22.4. The molecule has 0 spiro atoms. The molecule has 19 heteroatoms. The Bertz CT molecular complexity index is 2560. The topological polar surface area (TPSA) is 258 Å². The summed E-state index contributed by atoms with van der Waals surface area (Å²) < 4.78 is 47.8. The van der Waals surface area contributed by atoms with Gasteiger partial charge < -0.3 is 58.7 Å². The number of fused-ring (bicyclic) bond motifs is 5. The van der Waals surface area contributed by atoms with Gasteiger partial charge in [-0.2, -0.15) is 0 Å². The monoisotopic (exact) mass is 1010 g/mol. The number of nitrogens with one attached hydrogen (secondary N) is 2. The molecule has 4 aliphatic rings. The zero-order chi connectivity index (χ0) is 52.9. The molecule has 19 nitrogen and oxygen atoms in total. The van der Waals surface area contributed by atoms with Crippen molar-refractivity contribution in [1.82, 2.24) is 10.6 Å². The fraction of sp³-hybridized carbons (Fsp3) is 0.500. The van der Waals surface area contributed by atoms with Crippen molar-refractivity contribution >= 4 is 41.5 Å². The lowest BCUT2D eigenvalue weighted by Crippen LogP contribution is -2.82.